The number of rotatable bonds is 7. The van der Waals surface area contributed by atoms with Crippen molar-refractivity contribution < 1.29 is 14.3 Å². The molecule has 1 aromatic heterocycles. The number of para-hydroxylation sites is 2. The minimum absolute atomic E-state index is 0.0929. The van der Waals surface area contributed by atoms with Gasteiger partial charge in [0.15, 0.2) is 5.82 Å². The lowest BCUT2D eigenvalue weighted by atomic mass is 10.2. The molecule has 0 aliphatic heterocycles. The average Bonchev–Trinajstić information content (AvgIpc) is 2.82. The minimum atomic E-state index is -0.609. The van der Waals surface area contributed by atoms with Crippen LogP contribution in [0, 0.1) is 0 Å². The topological polar surface area (TPSA) is 109 Å². The predicted octanol–water partition coefficient (Wildman–Crippen LogP) is 2.97. The van der Waals surface area contributed by atoms with E-state index in [1.54, 1.807) is 74.0 Å². The molecule has 0 radical (unpaired) electrons. The fourth-order valence-corrected chi connectivity index (χ4v) is 3.13. The number of nitrogens with two attached hydrogens (primary N) is 1. The van der Waals surface area contributed by atoms with Gasteiger partial charge >= 0.3 is 0 Å². The van der Waals surface area contributed by atoms with E-state index in [1.807, 2.05) is 12.1 Å². The third kappa shape index (κ3) is 4.34. The lowest BCUT2D eigenvalue weighted by molar-refractivity contribution is 0.0995. The Kier molecular flexibility index (Phi) is 5.94. The molecular formula is C24H20N4O4. The smallest absolute Gasteiger partial charge is 0.282 e. The number of methoxy groups -OCH3 is 1. The molecule has 2 N–H and O–H groups in total. The maximum Gasteiger partial charge on any atom is 0.282 e. The van der Waals surface area contributed by atoms with Crippen molar-refractivity contribution >= 4 is 23.0 Å². The highest BCUT2D eigenvalue weighted by molar-refractivity contribution is 5.95. The molecule has 0 bridgehead atoms. The summed E-state index contributed by atoms with van der Waals surface area (Å²) in [7, 11) is 1.59. The summed E-state index contributed by atoms with van der Waals surface area (Å²) in [6.07, 6.45) is 1.55. The maximum absolute atomic E-state index is 13.1. The van der Waals surface area contributed by atoms with Gasteiger partial charge in [-0.15, -0.1) is 0 Å². The van der Waals surface area contributed by atoms with Gasteiger partial charge in [0.05, 0.1) is 29.8 Å². The summed E-state index contributed by atoms with van der Waals surface area (Å²) in [6, 6.07) is 20.9. The fourth-order valence-electron chi connectivity index (χ4n) is 3.13. The van der Waals surface area contributed by atoms with Gasteiger partial charge in [0.1, 0.15) is 18.1 Å². The van der Waals surface area contributed by atoms with Gasteiger partial charge in [0.25, 0.3) is 11.5 Å². The SMILES string of the molecule is COc1ccc(C=Nn2c(COc3ccccc3C(N)=O)nc3ccccc3c2=O)cc1. The maximum atomic E-state index is 13.1. The zero-order valence-electron chi connectivity index (χ0n) is 17.3. The van der Waals surface area contributed by atoms with Gasteiger partial charge in [0.2, 0.25) is 0 Å². The van der Waals surface area contributed by atoms with Crippen LogP contribution in [0.5, 0.6) is 11.5 Å². The van der Waals surface area contributed by atoms with Gasteiger partial charge < -0.3 is 15.2 Å². The molecule has 0 saturated heterocycles. The standard InChI is InChI=1S/C24H20N4O4/c1-31-17-12-10-16(11-13-17)14-26-28-22(27-20-8-4-2-6-18(20)24(28)30)15-32-21-9-5-3-7-19(21)23(25)29/h2-14H,15H2,1H3,(H2,25,29). The highest BCUT2D eigenvalue weighted by Crippen LogP contribution is 2.19. The molecule has 32 heavy (non-hydrogen) atoms. The molecule has 4 rings (SSSR count). The third-order valence-electron chi connectivity index (χ3n) is 4.77. The predicted molar refractivity (Wildman–Crippen MR) is 121 cm³/mol. The number of carbonyl (C=O) groups is 1. The summed E-state index contributed by atoms with van der Waals surface area (Å²) in [6.45, 7) is -0.0929. The largest absolute Gasteiger partial charge is 0.497 e. The molecule has 0 aliphatic carbocycles. The van der Waals surface area contributed by atoms with E-state index < -0.39 is 5.91 Å². The van der Waals surface area contributed by atoms with Crippen LogP contribution in [0.15, 0.2) is 82.7 Å². The van der Waals surface area contributed by atoms with E-state index in [9.17, 15) is 9.59 Å². The lowest BCUT2D eigenvalue weighted by Crippen LogP contribution is -2.24. The van der Waals surface area contributed by atoms with Crippen molar-refractivity contribution in [3.8, 4) is 11.5 Å². The van der Waals surface area contributed by atoms with Crippen molar-refractivity contribution in [2.45, 2.75) is 6.61 Å². The van der Waals surface area contributed by atoms with Gasteiger partial charge in [-0.1, -0.05) is 24.3 Å². The number of benzene rings is 3. The first-order chi connectivity index (χ1) is 15.6. The van der Waals surface area contributed by atoms with E-state index >= 15 is 0 Å². The molecule has 8 nitrogen and oxygen atoms in total. The van der Waals surface area contributed by atoms with E-state index in [4.69, 9.17) is 15.2 Å². The molecule has 160 valence electrons. The van der Waals surface area contributed by atoms with Crippen LogP contribution in [0.1, 0.15) is 21.7 Å². The third-order valence-corrected chi connectivity index (χ3v) is 4.77. The molecule has 3 aromatic carbocycles. The Morgan fingerprint density at radius 2 is 1.78 bits per heavy atom. The highest BCUT2D eigenvalue weighted by Gasteiger charge is 2.13. The molecule has 1 amide bonds. The van der Waals surface area contributed by atoms with Crippen molar-refractivity contribution in [3.05, 3.63) is 100 Å². The van der Waals surface area contributed by atoms with Gasteiger partial charge in [0, 0.05) is 0 Å². The number of nitrogens with zero attached hydrogens (tertiary/aromatic N) is 3. The Balaban J connectivity index is 1.73. The van der Waals surface area contributed by atoms with Crippen LogP contribution in [0.4, 0.5) is 0 Å². The normalized spacial score (nSPS) is 11.0. The van der Waals surface area contributed by atoms with E-state index in [-0.39, 0.29) is 23.6 Å². The number of primary amides is 1. The summed E-state index contributed by atoms with van der Waals surface area (Å²) in [5, 5.41) is 4.79. The van der Waals surface area contributed by atoms with Crippen LogP contribution in [0.2, 0.25) is 0 Å². The monoisotopic (exact) mass is 428 g/mol. The van der Waals surface area contributed by atoms with Crippen LogP contribution in [0.3, 0.4) is 0 Å². The first-order valence-electron chi connectivity index (χ1n) is 9.77. The second-order valence-electron chi connectivity index (χ2n) is 6.83. The Morgan fingerprint density at radius 3 is 2.53 bits per heavy atom. The van der Waals surface area contributed by atoms with Gasteiger partial charge in [-0.2, -0.15) is 9.78 Å². The van der Waals surface area contributed by atoms with Crippen molar-refractivity contribution in [3.63, 3.8) is 0 Å². The molecule has 0 aliphatic rings. The molecule has 0 saturated carbocycles. The number of fused-ring (bicyclic) bond motifs is 1. The molecule has 4 aromatic rings. The lowest BCUT2D eigenvalue weighted by Gasteiger charge is -2.12. The van der Waals surface area contributed by atoms with Crippen LogP contribution < -0.4 is 20.8 Å². The molecule has 0 unspecified atom stereocenters. The van der Waals surface area contributed by atoms with Crippen molar-refractivity contribution in [1.29, 1.82) is 0 Å². The summed E-state index contributed by atoms with van der Waals surface area (Å²) in [4.78, 5) is 29.3. The first kappa shape index (κ1) is 20.8. The summed E-state index contributed by atoms with van der Waals surface area (Å²) >= 11 is 0. The van der Waals surface area contributed by atoms with Gasteiger partial charge in [-0.05, 0) is 54.1 Å². The van der Waals surface area contributed by atoms with Crippen molar-refractivity contribution in [2.24, 2.45) is 10.8 Å². The van der Waals surface area contributed by atoms with Gasteiger partial charge in [-0.3, -0.25) is 9.59 Å². The molecular weight excluding hydrogens is 408 g/mol. The molecule has 1 heterocycles. The van der Waals surface area contributed by atoms with Crippen LogP contribution in [-0.4, -0.2) is 28.9 Å². The summed E-state index contributed by atoms with van der Waals surface area (Å²) < 4.78 is 12.2. The molecule has 0 fully saturated rings. The zero-order valence-corrected chi connectivity index (χ0v) is 17.3. The number of hydrogen-bond donors (Lipinski definition) is 1. The number of hydrogen-bond acceptors (Lipinski definition) is 6. The Hall–Kier alpha value is -4.46. The van der Waals surface area contributed by atoms with E-state index in [0.717, 1.165) is 5.56 Å². The van der Waals surface area contributed by atoms with Crippen LogP contribution >= 0.6 is 0 Å². The fraction of sp³-hybridized carbons (Fsp3) is 0.0833. The number of carbonyl (C=O) groups excluding carboxylic acids is 1. The number of aromatic nitrogens is 2. The van der Waals surface area contributed by atoms with E-state index in [0.29, 0.717) is 22.4 Å². The zero-order chi connectivity index (χ0) is 22.5. The summed E-state index contributed by atoms with van der Waals surface area (Å²) in [5.74, 6) is 0.682. The molecule has 0 atom stereocenters. The first-order valence-corrected chi connectivity index (χ1v) is 9.77. The van der Waals surface area contributed by atoms with E-state index in [1.165, 1.54) is 4.68 Å². The van der Waals surface area contributed by atoms with E-state index in [2.05, 4.69) is 10.1 Å². The number of amides is 1. The van der Waals surface area contributed by atoms with Crippen molar-refractivity contribution in [1.82, 2.24) is 9.66 Å². The quantitative estimate of drug-likeness (QED) is 0.455. The van der Waals surface area contributed by atoms with Crippen LogP contribution in [0.25, 0.3) is 10.9 Å². The average molecular weight is 428 g/mol. The number of ether oxygens (including phenoxy) is 2. The Bertz CT molecular complexity index is 1360. The molecule has 0 spiro atoms. The second kappa shape index (κ2) is 9.13. The second-order valence-corrected chi connectivity index (χ2v) is 6.83. The highest BCUT2D eigenvalue weighted by atomic mass is 16.5. The van der Waals surface area contributed by atoms with Crippen LogP contribution in [-0.2, 0) is 6.61 Å². The molecule has 8 heteroatoms. The Labute approximate surface area is 183 Å². The van der Waals surface area contributed by atoms with Gasteiger partial charge in [-0.25, -0.2) is 4.98 Å². The summed E-state index contributed by atoms with van der Waals surface area (Å²) in [5.41, 5.74) is 6.63. The van der Waals surface area contributed by atoms with Crippen molar-refractivity contribution in [2.75, 3.05) is 7.11 Å². The Morgan fingerprint density at radius 1 is 1.06 bits per heavy atom. The minimum Gasteiger partial charge on any atom is -0.497 e.